The van der Waals surface area contributed by atoms with E-state index in [0.717, 1.165) is 22.5 Å². The van der Waals surface area contributed by atoms with Crippen LogP contribution in [0.4, 0.5) is 17.1 Å². The van der Waals surface area contributed by atoms with Gasteiger partial charge >= 0.3 is 0 Å². The molecule has 1 N–H and O–H groups in total. The zero-order valence-electron chi connectivity index (χ0n) is 17.4. The van der Waals surface area contributed by atoms with Crippen LogP contribution in [0.1, 0.15) is 17.5 Å². The molecule has 6 heteroatoms. The van der Waals surface area contributed by atoms with Crippen LogP contribution in [-0.2, 0) is 9.59 Å². The lowest BCUT2D eigenvalue weighted by atomic mass is 10.2. The van der Waals surface area contributed by atoms with Gasteiger partial charge in [-0.1, -0.05) is 65.4 Å². The number of carbonyl (C=O) groups is 2. The molecule has 5 nitrogen and oxygen atoms in total. The molecule has 156 valence electrons. The molecule has 0 aromatic heterocycles. The number of carbonyl (C=O) groups excluding carboxylic acids is 2. The van der Waals surface area contributed by atoms with E-state index >= 15 is 0 Å². The molecule has 3 aromatic rings. The van der Waals surface area contributed by atoms with Gasteiger partial charge in [0.05, 0.1) is 11.4 Å². The number of anilines is 2. The highest BCUT2D eigenvalue weighted by molar-refractivity contribution is 8.16. The van der Waals surface area contributed by atoms with Crippen molar-refractivity contribution in [3.8, 4) is 0 Å². The number of nitrogens with one attached hydrogen (secondary N) is 1. The van der Waals surface area contributed by atoms with E-state index in [-0.39, 0.29) is 18.2 Å². The summed E-state index contributed by atoms with van der Waals surface area (Å²) < 4.78 is 0. The minimum atomic E-state index is -0.533. The molecule has 31 heavy (non-hydrogen) atoms. The molecule has 1 fully saturated rings. The molecule has 1 unspecified atom stereocenters. The van der Waals surface area contributed by atoms with Gasteiger partial charge in [0.25, 0.3) is 0 Å². The minimum Gasteiger partial charge on any atom is -0.326 e. The van der Waals surface area contributed by atoms with Crippen LogP contribution in [0.5, 0.6) is 0 Å². The first-order chi connectivity index (χ1) is 15.0. The zero-order valence-corrected chi connectivity index (χ0v) is 18.2. The van der Waals surface area contributed by atoms with Crippen molar-refractivity contribution in [3.05, 3.63) is 90.0 Å². The highest BCUT2D eigenvalue weighted by Gasteiger charge is 2.40. The van der Waals surface area contributed by atoms with Crippen LogP contribution in [-0.4, -0.2) is 22.2 Å². The highest BCUT2D eigenvalue weighted by Crippen LogP contribution is 2.35. The Hall–Kier alpha value is -3.38. The summed E-state index contributed by atoms with van der Waals surface area (Å²) in [6.07, 6.45) is 0.0771. The number of benzene rings is 3. The fourth-order valence-electron chi connectivity index (χ4n) is 3.24. The van der Waals surface area contributed by atoms with Gasteiger partial charge in [0.15, 0.2) is 5.17 Å². The van der Waals surface area contributed by atoms with E-state index in [4.69, 9.17) is 4.99 Å². The van der Waals surface area contributed by atoms with Crippen LogP contribution in [0.2, 0.25) is 0 Å². The molecule has 3 aromatic carbocycles. The topological polar surface area (TPSA) is 61.8 Å². The first kappa shape index (κ1) is 20.9. The van der Waals surface area contributed by atoms with Gasteiger partial charge in [-0.25, -0.2) is 4.99 Å². The molecule has 4 rings (SSSR count). The summed E-state index contributed by atoms with van der Waals surface area (Å²) in [7, 11) is 0. The van der Waals surface area contributed by atoms with Crippen LogP contribution in [0.3, 0.4) is 0 Å². The molecule has 1 aliphatic rings. The van der Waals surface area contributed by atoms with Gasteiger partial charge in [-0.2, -0.15) is 0 Å². The quantitative estimate of drug-likeness (QED) is 0.585. The SMILES string of the molecule is Cc1ccc(N=C2SC(CC(=O)Nc3ccccc3)C(=O)N2c2ccc(C)cc2)cc1. The lowest BCUT2D eigenvalue weighted by Crippen LogP contribution is -2.33. The van der Waals surface area contributed by atoms with E-state index in [0.29, 0.717) is 10.9 Å². The largest absolute Gasteiger partial charge is 0.326 e. The number of hydrogen-bond donors (Lipinski definition) is 1. The molecule has 0 spiro atoms. The summed E-state index contributed by atoms with van der Waals surface area (Å²) in [5.41, 5.74) is 4.49. The van der Waals surface area contributed by atoms with E-state index in [1.807, 2.05) is 92.7 Å². The van der Waals surface area contributed by atoms with E-state index in [2.05, 4.69) is 5.32 Å². The maximum atomic E-state index is 13.3. The number of hydrogen-bond acceptors (Lipinski definition) is 4. The van der Waals surface area contributed by atoms with E-state index in [9.17, 15) is 9.59 Å². The number of para-hydroxylation sites is 1. The summed E-state index contributed by atoms with van der Waals surface area (Å²) in [6.45, 7) is 4.02. The Morgan fingerprint density at radius 2 is 1.55 bits per heavy atom. The number of amides is 2. The van der Waals surface area contributed by atoms with Crippen molar-refractivity contribution >= 4 is 45.8 Å². The molecule has 0 aliphatic carbocycles. The molecule has 1 saturated heterocycles. The number of nitrogens with zero attached hydrogens (tertiary/aromatic N) is 2. The van der Waals surface area contributed by atoms with Crippen molar-refractivity contribution in [2.75, 3.05) is 10.2 Å². The van der Waals surface area contributed by atoms with Crippen LogP contribution in [0.15, 0.2) is 83.9 Å². The predicted octanol–water partition coefficient (Wildman–Crippen LogP) is 5.47. The third-order valence-electron chi connectivity index (χ3n) is 4.91. The van der Waals surface area contributed by atoms with Crippen LogP contribution < -0.4 is 10.2 Å². The molecule has 1 atom stereocenters. The average molecular weight is 430 g/mol. The van der Waals surface area contributed by atoms with Crippen molar-refractivity contribution in [1.29, 1.82) is 0 Å². The standard InChI is InChI=1S/C25H23N3O2S/c1-17-8-12-20(13-9-17)27-25-28(21-14-10-18(2)11-15-21)24(30)22(31-25)16-23(29)26-19-6-4-3-5-7-19/h3-15,22H,16H2,1-2H3,(H,26,29). The number of rotatable bonds is 5. The van der Waals surface area contributed by atoms with Crippen molar-refractivity contribution < 1.29 is 9.59 Å². The van der Waals surface area contributed by atoms with Crippen molar-refractivity contribution in [2.45, 2.75) is 25.5 Å². The lowest BCUT2D eigenvalue weighted by molar-refractivity contribution is -0.121. The summed E-state index contributed by atoms with van der Waals surface area (Å²) in [5.74, 6) is -0.333. The fraction of sp³-hybridized carbons (Fsp3) is 0.160. The van der Waals surface area contributed by atoms with Crippen LogP contribution in [0.25, 0.3) is 0 Å². The zero-order chi connectivity index (χ0) is 21.8. The number of thioether (sulfide) groups is 1. The predicted molar refractivity (Wildman–Crippen MR) is 128 cm³/mol. The molecule has 0 radical (unpaired) electrons. The van der Waals surface area contributed by atoms with Crippen LogP contribution >= 0.6 is 11.8 Å². The third kappa shape index (κ3) is 5.03. The Balaban J connectivity index is 1.59. The molecule has 1 heterocycles. The maximum Gasteiger partial charge on any atom is 0.247 e. The van der Waals surface area contributed by atoms with Crippen molar-refractivity contribution in [1.82, 2.24) is 0 Å². The second kappa shape index (κ2) is 9.18. The molecular formula is C25H23N3O2S. The maximum absolute atomic E-state index is 13.3. The molecule has 0 saturated carbocycles. The second-order valence-corrected chi connectivity index (χ2v) is 8.63. The van der Waals surface area contributed by atoms with Gasteiger partial charge in [-0.15, -0.1) is 0 Å². The first-order valence-corrected chi connectivity index (χ1v) is 10.9. The lowest BCUT2D eigenvalue weighted by Gasteiger charge is -2.17. The number of aliphatic imine (C=N–C) groups is 1. The smallest absolute Gasteiger partial charge is 0.247 e. The summed E-state index contributed by atoms with van der Waals surface area (Å²) >= 11 is 1.33. The van der Waals surface area contributed by atoms with Gasteiger partial charge in [-0.05, 0) is 50.2 Å². The van der Waals surface area contributed by atoms with Gasteiger partial charge in [0.1, 0.15) is 5.25 Å². The van der Waals surface area contributed by atoms with Gasteiger partial charge in [0, 0.05) is 12.1 Å². The summed E-state index contributed by atoms with van der Waals surface area (Å²) in [5, 5.41) is 2.91. The fourth-order valence-corrected chi connectivity index (χ4v) is 4.39. The minimum absolute atomic E-state index is 0.0771. The molecular weight excluding hydrogens is 406 g/mol. The van der Waals surface area contributed by atoms with Crippen molar-refractivity contribution in [3.63, 3.8) is 0 Å². The van der Waals surface area contributed by atoms with Gasteiger partial charge in [0.2, 0.25) is 11.8 Å². The Morgan fingerprint density at radius 3 is 2.19 bits per heavy atom. The van der Waals surface area contributed by atoms with Gasteiger partial charge < -0.3 is 5.32 Å². The average Bonchev–Trinajstić information content (AvgIpc) is 3.05. The molecule has 0 bridgehead atoms. The normalized spacial score (nSPS) is 17.2. The highest BCUT2D eigenvalue weighted by atomic mass is 32.2. The monoisotopic (exact) mass is 429 g/mol. The van der Waals surface area contributed by atoms with E-state index in [1.165, 1.54) is 11.8 Å². The Bertz CT molecular complexity index is 1110. The first-order valence-electron chi connectivity index (χ1n) is 10.1. The molecule has 2 amide bonds. The molecule has 1 aliphatic heterocycles. The Kier molecular flexibility index (Phi) is 6.18. The Morgan fingerprint density at radius 1 is 0.935 bits per heavy atom. The van der Waals surface area contributed by atoms with Gasteiger partial charge in [-0.3, -0.25) is 14.5 Å². The second-order valence-electron chi connectivity index (χ2n) is 7.46. The Labute approximate surface area is 186 Å². The van der Waals surface area contributed by atoms with E-state index in [1.54, 1.807) is 4.90 Å². The van der Waals surface area contributed by atoms with E-state index < -0.39 is 5.25 Å². The number of amidine groups is 1. The van der Waals surface area contributed by atoms with Crippen molar-refractivity contribution in [2.24, 2.45) is 4.99 Å². The summed E-state index contributed by atoms with van der Waals surface area (Å²) in [6, 6.07) is 24.8. The number of aryl methyl sites for hydroxylation is 2. The van der Waals surface area contributed by atoms with Crippen LogP contribution in [0, 0.1) is 13.8 Å². The third-order valence-corrected chi connectivity index (χ3v) is 6.05. The summed E-state index contributed by atoms with van der Waals surface area (Å²) in [4.78, 5) is 32.2.